The fourth-order valence-electron chi connectivity index (χ4n) is 3.47. The van der Waals surface area contributed by atoms with Crippen LogP contribution in [0, 0.1) is 13.8 Å². The van der Waals surface area contributed by atoms with Crippen molar-refractivity contribution in [1.82, 2.24) is 0 Å². The zero-order valence-electron chi connectivity index (χ0n) is 15.8. The summed E-state index contributed by atoms with van der Waals surface area (Å²) in [6, 6.07) is 3.69. The number of hydrogen-bond acceptors (Lipinski definition) is 6. The summed E-state index contributed by atoms with van der Waals surface area (Å²) in [5.74, 6) is -1.38. The van der Waals surface area contributed by atoms with Crippen LogP contribution in [0.5, 0.6) is 5.75 Å². The molecule has 26 heavy (non-hydrogen) atoms. The van der Waals surface area contributed by atoms with Gasteiger partial charge in [0.2, 0.25) is 6.10 Å². The van der Waals surface area contributed by atoms with Gasteiger partial charge in [0.1, 0.15) is 5.75 Å². The molecule has 0 aromatic heterocycles. The molecule has 0 aliphatic heterocycles. The number of hydrogen-bond donors (Lipinski definition) is 0. The molecule has 140 valence electrons. The number of aryl methyl sites for hydroxylation is 2. The van der Waals surface area contributed by atoms with Crippen molar-refractivity contribution in [2.24, 2.45) is 0 Å². The first-order chi connectivity index (χ1) is 12.0. The Bertz CT molecular complexity index is 759. The minimum atomic E-state index is -1.27. The molecule has 1 saturated carbocycles. The first-order valence-electron chi connectivity index (χ1n) is 8.56. The molecule has 0 amide bonds. The molecule has 0 N–H and O–H groups in total. The van der Waals surface area contributed by atoms with E-state index in [0.29, 0.717) is 5.75 Å². The normalized spacial score (nSPS) is 15.3. The monoisotopic (exact) mass is 360 g/mol. The third-order valence-electron chi connectivity index (χ3n) is 4.41. The van der Waals surface area contributed by atoms with Crippen molar-refractivity contribution >= 4 is 23.5 Å². The Labute approximate surface area is 152 Å². The van der Waals surface area contributed by atoms with Crippen molar-refractivity contribution in [3.05, 3.63) is 28.8 Å². The highest BCUT2D eigenvalue weighted by molar-refractivity contribution is 6.12. The van der Waals surface area contributed by atoms with E-state index in [1.807, 2.05) is 33.8 Å². The lowest BCUT2D eigenvalue weighted by Gasteiger charge is -2.28. The van der Waals surface area contributed by atoms with Crippen molar-refractivity contribution in [2.75, 3.05) is 0 Å². The molecule has 0 atom stereocenters. The highest BCUT2D eigenvalue weighted by Crippen LogP contribution is 2.38. The summed E-state index contributed by atoms with van der Waals surface area (Å²) in [6.45, 7) is 8.75. The molecule has 0 saturated heterocycles. The maximum atomic E-state index is 12.4. The molecule has 6 heteroatoms. The minimum absolute atomic E-state index is 0.0533. The quantitative estimate of drug-likeness (QED) is 0.456. The van der Waals surface area contributed by atoms with Gasteiger partial charge < -0.3 is 9.47 Å². The Morgan fingerprint density at radius 1 is 1.12 bits per heavy atom. The zero-order chi connectivity index (χ0) is 19.6. The molecule has 0 spiro atoms. The molecule has 1 aliphatic carbocycles. The standard InChI is InChI=1S/C20H24O6/c1-11-8-12(2)18(16(9-11)25-13(3)21)20(4,5)10-17(24)26-19-14(22)6-7-15(19)23/h8-9,19H,6-7,10H2,1-5H3. The van der Waals surface area contributed by atoms with Crippen LogP contribution in [0.25, 0.3) is 0 Å². The molecule has 1 fully saturated rings. The predicted molar refractivity (Wildman–Crippen MR) is 94.0 cm³/mol. The van der Waals surface area contributed by atoms with Crippen molar-refractivity contribution in [3.8, 4) is 5.75 Å². The molecule has 0 bridgehead atoms. The first-order valence-corrected chi connectivity index (χ1v) is 8.56. The van der Waals surface area contributed by atoms with E-state index in [-0.39, 0.29) is 30.8 Å². The van der Waals surface area contributed by atoms with Crippen LogP contribution in [0.1, 0.15) is 56.7 Å². The van der Waals surface area contributed by atoms with E-state index in [0.717, 1.165) is 16.7 Å². The SMILES string of the molecule is CC(=O)Oc1cc(C)cc(C)c1C(C)(C)CC(=O)OC1C(=O)CCC1=O. The van der Waals surface area contributed by atoms with E-state index in [2.05, 4.69) is 0 Å². The summed E-state index contributed by atoms with van der Waals surface area (Å²) in [5, 5.41) is 0. The molecule has 6 nitrogen and oxygen atoms in total. The largest absolute Gasteiger partial charge is 0.446 e. The van der Waals surface area contributed by atoms with Crippen LogP contribution in [0.15, 0.2) is 12.1 Å². The van der Waals surface area contributed by atoms with Gasteiger partial charge in [-0.15, -0.1) is 0 Å². The Morgan fingerprint density at radius 2 is 1.69 bits per heavy atom. The highest BCUT2D eigenvalue weighted by Gasteiger charge is 2.38. The van der Waals surface area contributed by atoms with Crippen LogP contribution >= 0.6 is 0 Å². The van der Waals surface area contributed by atoms with Gasteiger partial charge in [0, 0.05) is 30.7 Å². The molecular formula is C20H24O6. The number of benzene rings is 1. The summed E-state index contributed by atoms with van der Waals surface area (Å²) in [6.07, 6.45) is -1.09. The molecule has 1 aromatic carbocycles. The van der Waals surface area contributed by atoms with Gasteiger partial charge in [-0.3, -0.25) is 19.2 Å². The summed E-state index contributed by atoms with van der Waals surface area (Å²) in [7, 11) is 0. The second-order valence-corrected chi connectivity index (χ2v) is 7.41. The zero-order valence-corrected chi connectivity index (χ0v) is 15.8. The number of ether oxygens (including phenoxy) is 2. The predicted octanol–water partition coefficient (Wildman–Crippen LogP) is 2.74. The van der Waals surface area contributed by atoms with Gasteiger partial charge in [-0.1, -0.05) is 19.9 Å². The summed E-state index contributed by atoms with van der Waals surface area (Å²) in [4.78, 5) is 47.1. The third-order valence-corrected chi connectivity index (χ3v) is 4.41. The Morgan fingerprint density at radius 3 is 2.23 bits per heavy atom. The lowest BCUT2D eigenvalue weighted by atomic mass is 9.78. The molecule has 2 rings (SSSR count). The Hall–Kier alpha value is -2.50. The van der Waals surface area contributed by atoms with Crippen LogP contribution in [-0.4, -0.2) is 29.6 Å². The number of Topliss-reactive ketones (excluding diaryl/α,β-unsaturated/α-hetero) is 2. The Kier molecular flexibility index (Phi) is 5.64. The number of carbonyl (C=O) groups is 4. The van der Waals surface area contributed by atoms with E-state index in [9.17, 15) is 19.2 Å². The van der Waals surface area contributed by atoms with Gasteiger partial charge >= 0.3 is 11.9 Å². The number of rotatable bonds is 5. The van der Waals surface area contributed by atoms with E-state index in [1.54, 1.807) is 6.07 Å². The lowest BCUT2D eigenvalue weighted by Crippen LogP contribution is -2.32. The maximum absolute atomic E-state index is 12.4. The van der Waals surface area contributed by atoms with Gasteiger partial charge in [-0.2, -0.15) is 0 Å². The average Bonchev–Trinajstić information content (AvgIpc) is 2.76. The molecule has 1 aromatic rings. The van der Waals surface area contributed by atoms with Crippen LogP contribution in [0.4, 0.5) is 0 Å². The molecule has 0 heterocycles. The number of carbonyl (C=O) groups excluding carboxylic acids is 4. The molecule has 1 aliphatic rings. The second kappa shape index (κ2) is 7.40. The minimum Gasteiger partial charge on any atom is -0.446 e. The summed E-state index contributed by atoms with van der Waals surface area (Å²) >= 11 is 0. The van der Waals surface area contributed by atoms with Crippen molar-refractivity contribution in [3.63, 3.8) is 0 Å². The maximum Gasteiger partial charge on any atom is 0.308 e. The van der Waals surface area contributed by atoms with Gasteiger partial charge in [-0.05, 0) is 31.0 Å². The highest BCUT2D eigenvalue weighted by atomic mass is 16.6. The first kappa shape index (κ1) is 19.8. The lowest BCUT2D eigenvalue weighted by molar-refractivity contribution is -0.158. The topological polar surface area (TPSA) is 86.7 Å². The third kappa shape index (κ3) is 4.36. The van der Waals surface area contributed by atoms with Crippen molar-refractivity contribution < 1.29 is 28.7 Å². The van der Waals surface area contributed by atoms with Gasteiger partial charge in [-0.25, -0.2) is 0 Å². The van der Waals surface area contributed by atoms with Crippen LogP contribution < -0.4 is 4.74 Å². The fourth-order valence-corrected chi connectivity index (χ4v) is 3.47. The molecule has 0 unspecified atom stereocenters. The smallest absolute Gasteiger partial charge is 0.308 e. The van der Waals surface area contributed by atoms with E-state index < -0.39 is 23.5 Å². The number of esters is 2. The van der Waals surface area contributed by atoms with E-state index in [4.69, 9.17) is 9.47 Å². The van der Waals surface area contributed by atoms with Crippen molar-refractivity contribution in [2.45, 2.75) is 65.4 Å². The summed E-state index contributed by atoms with van der Waals surface area (Å²) in [5.41, 5.74) is 1.82. The van der Waals surface area contributed by atoms with E-state index >= 15 is 0 Å². The van der Waals surface area contributed by atoms with Crippen LogP contribution in [0.2, 0.25) is 0 Å². The van der Waals surface area contributed by atoms with Gasteiger partial charge in [0.05, 0.1) is 6.42 Å². The molecular weight excluding hydrogens is 336 g/mol. The number of ketones is 2. The van der Waals surface area contributed by atoms with Crippen LogP contribution in [0.3, 0.4) is 0 Å². The van der Waals surface area contributed by atoms with Gasteiger partial charge in [0.15, 0.2) is 11.6 Å². The Balaban J connectivity index is 2.26. The molecule has 0 radical (unpaired) electrons. The van der Waals surface area contributed by atoms with E-state index in [1.165, 1.54) is 6.92 Å². The fraction of sp³-hybridized carbons (Fsp3) is 0.500. The summed E-state index contributed by atoms with van der Waals surface area (Å²) < 4.78 is 10.5. The van der Waals surface area contributed by atoms with Crippen LogP contribution in [-0.2, 0) is 29.3 Å². The van der Waals surface area contributed by atoms with Gasteiger partial charge in [0.25, 0.3) is 0 Å². The van der Waals surface area contributed by atoms with Crippen molar-refractivity contribution in [1.29, 1.82) is 0 Å². The second-order valence-electron chi connectivity index (χ2n) is 7.41. The average molecular weight is 360 g/mol.